The molecule has 1 aliphatic heterocycles. The summed E-state index contributed by atoms with van der Waals surface area (Å²) in [5.74, 6) is 0.343. The van der Waals surface area contributed by atoms with Crippen molar-refractivity contribution in [1.82, 2.24) is 10.6 Å². The molecule has 1 saturated heterocycles. The van der Waals surface area contributed by atoms with E-state index in [4.69, 9.17) is 4.74 Å². The molecule has 2 N–H and O–H groups in total. The third-order valence-electron chi connectivity index (χ3n) is 4.92. The minimum Gasteiger partial charge on any atom is -0.373 e. The van der Waals surface area contributed by atoms with E-state index in [1.54, 1.807) is 0 Å². The van der Waals surface area contributed by atoms with Gasteiger partial charge in [0.25, 0.3) is 0 Å². The highest BCUT2D eigenvalue weighted by atomic mass is 35.5. The van der Waals surface area contributed by atoms with E-state index >= 15 is 0 Å². The van der Waals surface area contributed by atoms with E-state index in [1.165, 1.54) is 24.0 Å². The Hall–Kier alpha value is -1.10. The SMILES string of the molecule is Cl.O=C(NCCCOC1CCCc2ccccc21)C1CCCNC1. The van der Waals surface area contributed by atoms with Crippen LogP contribution >= 0.6 is 12.4 Å². The van der Waals surface area contributed by atoms with Gasteiger partial charge in [-0.05, 0) is 56.2 Å². The number of rotatable bonds is 6. The van der Waals surface area contributed by atoms with Gasteiger partial charge in [0.05, 0.1) is 12.0 Å². The molecule has 4 nitrogen and oxygen atoms in total. The molecule has 0 saturated carbocycles. The van der Waals surface area contributed by atoms with Crippen LogP contribution < -0.4 is 10.6 Å². The Kier molecular flexibility index (Phi) is 8.03. The van der Waals surface area contributed by atoms with Gasteiger partial charge in [-0.3, -0.25) is 4.79 Å². The van der Waals surface area contributed by atoms with Gasteiger partial charge in [-0.1, -0.05) is 24.3 Å². The molecular formula is C19H29ClN2O2. The van der Waals surface area contributed by atoms with Crippen molar-refractivity contribution in [2.45, 2.75) is 44.6 Å². The molecule has 0 spiro atoms. The molecule has 134 valence electrons. The first kappa shape index (κ1) is 19.2. The number of carbonyl (C=O) groups excluding carboxylic acids is 1. The molecule has 1 aromatic carbocycles. The number of piperidine rings is 1. The average molecular weight is 353 g/mol. The zero-order valence-corrected chi connectivity index (χ0v) is 15.1. The van der Waals surface area contributed by atoms with Gasteiger partial charge in [-0.2, -0.15) is 0 Å². The van der Waals surface area contributed by atoms with Crippen LogP contribution in [-0.2, 0) is 16.0 Å². The summed E-state index contributed by atoms with van der Waals surface area (Å²) in [6.07, 6.45) is 6.70. The van der Waals surface area contributed by atoms with Gasteiger partial charge in [-0.25, -0.2) is 0 Å². The molecule has 2 atom stereocenters. The predicted octanol–water partition coefficient (Wildman–Crippen LogP) is 3.01. The number of hydrogen-bond acceptors (Lipinski definition) is 3. The number of benzene rings is 1. The predicted molar refractivity (Wildman–Crippen MR) is 98.5 cm³/mol. The van der Waals surface area contributed by atoms with E-state index in [9.17, 15) is 4.79 Å². The Morgan fingerprint density at radius 1 is 1.25 bits per heavy atom. The van der Waals surface area contributed by atoms with Crippen LogP contribution in [0.4, 0.5) is 0 Å². The zero-order chi connectivity index (χ0) is 15.9. The molecule has 2 aliphatic rings. The minimum atomic E-state index is 0. The number of ether oxygens (including phenoxy) is 1. The molecule has 1 fully saturated rings. The number of nitrogens with one attached hydrogen (secondary N) is 2. The maximum absolute atomic E-state index is 12.0. The molecule has 1 amide bonds. The van der Waals surface area contributed by atoms with Crippen LogP contribution in [0.2, 0.25) is 0 Å². The van der Waals surface area contributed by atoms with Gasteiger partial charge in [-0.15, -0.1) is 12.4 Å². The maximum atomic E-state index is 12.0. The largest absolute Gasteiger partial charge is 0.373 e. The van der Waals surface area contributed by atoms with E-state index < -0.39 is 0 Å². The molecule has 1 heterocycles. The lowest BCUT2D eigenvalue weighted by Gasteiger charge is -2.26. The van der Waals surface area contributed by atoms with Gasteiger partial charge in [0.2, 0.25) is 5.91 Å². The highest BCUT2D eigenvalue weighted by Crippen LogP contribution is 2.32. The molecule has 0 radical (unpaired) electrons. The first-order chi connectivity index (χ1) is 11.3. The third-order valence-corrected chi connectivity index (χ3v) is 4.92. The third kappa shape index (κ3) is 5.20. The van der Waals surface area contributed by atoms with Gasteiger partial charge >= 0.3 is 0 Å². The highest BCUT2D eigenvalue weighted by Gasteiger charge is 2.21. The standard InChI is InChI=1S/C19H28N2O2.ClH/c22-19(16-8-4-11-20-14-16)21-12-5-13-23-18-10-3-7-15-6-1-2-9-17(15)18;/h1-2,6,9,16,18,20H,3-5,7-8,10-14H2,(H,21,22);1H. The van der Waals surface area contributed by atoms with Crippen LogP contribution in [0.15, 0.2) is 24.3 Å². The molecule has 5 heteroatoms. The summed E-state index contributed by atoms with van der Waals surface area (Å²) < 4.78 is 6.07. The lowest BCUT2D eigenvalue weighted by molar-refractivity contribution is -0.125. The van der Waals surface area contributed by atoms with E-state index in [2.05, 4.69) is 34.9 Å². The van der Waals surface area contributed by atoms with Crippen molar-refractivity contribution in [3.63, 3.8) is 0 Å². The first-order valence-electron chi connectivity index (χ1n) is 9.02. The lowest BCUT2D eigenvalue weighted by Crippen LogP contribution is -2.40. The Morgan fingerprint density at radius 2 is 2.12 bits per heavy atom. The second-order valence-electron chi connectivity index (χ2n) is 6.64. The van der Waals surface area contributed by atoms with Gasteiger partial charge in [0.15, 0.2) is 0 Å². The summed E-state index contributed by atoms with van der Waals surface area (Å²) in [6.45, 7) is 3.29. The van der Waals surface area contributed by atoms with Gasteiger partial charge in [0, 0.05) is 19.7 Å². The molecular weight excluding hydrogens is 324 g/mol. The number of hydrogen-bond donors (Lipinski definition) is 2. The summed E-state index contributed by atoms with van der Waals surface area (Å²) in [4.78, 5) is 12.0. The summed E-state index contributed by atoms with van der Waals surface area (Å²) in [5, 5.41) is 6.33. The molecule has 0 aromatic heterocycles. The van der Waals surface area contributed by atoms with E-state index in [0.29, 0.717) is 13.2 Å². The van der Waals surface area contributed by atoms with E-state index in [1.807, 2.05) is 0 Å². The Labute approximate surface area is 151 Å². The second kappa shape index (κ2) is 10.0. The summed E-state index contributed by atoms with van der Waals surface area (Å²) >= 11 is 0. The number of carbonyl (C=O) groups is 1. The number of fused-ring (bicyclic) bond motifs is 1. The average Bonchev–Trinajstić information content (AvgIpc) is 2.62. The van der Waals surface area contributed by atoms with E-state index in [0.717, 1.165) is 38.8 Å². The Morgan fingerprint density at radius 3 is 2.96 bits per heavy atom. The van der Waals surface area contributed by atoms with Crippen LogP contribution in [0.1, 0.15) is 49.3 Å². The number of amides is 1. The van der Waals surface area contributed by atoms with Crippen molar-refractivity contribution in [2.75, 3.05) is 26.2 Å². The minimum absolute atomic E-state index is 0. The normalized spacial score (nSPS) is 23.0. The highest BCUT2D eigenvalue weighted by molar-refractivity contribution is 5.85. The zero-order valence-electron chi connectivity index (χ0n) is 14.3. The lowest BCUT2D eigenvalue weighted by atomic mass is 9.89. The van der Waals surface area contributed by atoms with Gasteiger partial charge in [0.1, 0.15) is 0 Å². The fraction of sp³-hybridized carbons (Fsp3) is 0.632. The Bertz CT molecular complexity index is 518. The summed E-state index contributed by atoms with van der Waals surface area (Å²) in [5.41, 5.74) is 2.79. The second-order valence-corrected chi connectivity index (χ2v) is 6.64. The van der Waals surface area contributed by atoms with Crippen molar-refractivity contribution in [3.05, 3.63) is 35.4 Å². The van der Waals surface area contributed by atoms with Crippen molar-refractivity contribution >= 4 is 18.3 Å². The van der Waals surface area contributed by atoms with Crippen molar-refractivity contribution < 1.29 is 9.53 Å². The van der Waals surface area contributed by atoms with E-state index in [-0.39, 0.29) is 30.3 Å². The smallest absolute Gasteiger partial charge is 0.224 e. The van der Waals surface area contributed by atoms with Crippen LogP contribution in [0, 0.1) is 5.92 Å². The molecule has 0 bridgehead atoms. The Balaban J connectivity index is 0.00000208. The first-order valence-corrected chi connectivity index (χ1v) is 9.02. The quantitative estimate of drug-likeness (QED) is 0.774. The number of aryl methyl sites for hydroxylation is 1. The molecule has 3 rings (SSSR count). The van der Waals surface area contributed by atoms with Gasteiger partial charge < -0.3 is 15.4 Å². The maximum Gasteiger partial charge on any atom is 0.224 e. The summed E-state index contributed by atoms with van der Waals surface area (Å²) in [6, 6.07) is 8.61. The van der Waals surface area contributed by atoms with Crippen molar-refractivity contribution in [3.8, 4) is 0 Å². The van der Waals surface area contributed by atoms with Crippen LogP contribution in [0.5, 0.6) is 0 Å². The fourth-order valence-electron chi connectivity index (χ4n) is 3.61. The monoisotopic (exact) mass is 352 g/mol. The molecule has 1 aromatic rings. The molecule has 2 unspecified atom stereocenters. The fourth-order valence-corrected chi connectivity index (χ4v) is 3.61. The summed E-state index contributed by atoms with van der Waals surface area (Å²) in [7, 11) is 0. The van der Waals surface area contributed by atoms with Crippen molar-refractivity contribution in [2.24, 2.45) is 5.92 Å². The molecule has 1 aliphatic carbocycles. The molecule has 24 heavy (non-hydrogen) atoms. The van der Waals surface area contributed by atoms with Crippen LogP contribution in [0.3, 0.4) is 0 Å². The number of halogens is 1. The topological polar surface area (TPSA) is 50.4 Å². The van der Waals surface area contributed by atoms with Crippen LogP contribution in [0.25, 0.3) is 0 Å². The van der Waals surface area contributed by atoms with Crippen molar-refractivity contribution in [1.29, 1.82) is 0 Å². The van der Waals surface area contributed by atoms with Crippen LogP contribution in [-0.4, -0.2) is 32.1 Å².